The maximum atomic E-state index is 13.8. The number of hydrogen-bond donors (Lipinski definition) is 0. The van der Waals surface area contributed by atoms with Crippen LogP contribution in [0, 0.1) is 11.8 Å². The van der Waals surface area contributed by atoms with Gasteiger partial charge < -0.3 is 8.95 Å². The monoisotopic (exact) mass is 502 g/mol. The van der Waals surface area contributed by atoms with Gasteiger partial charge in [-0.3, -0.25) is 9.09 Å². The molecule has 4 nitrogen and oxygen atoms in total. The fraction of sp³-hybridized carbons (Fsp3) is 0.571. The van der Waals surface area contributed by atoms with Crippen LogP contribution in [0.5, 0.6) is 0 Å². The Morgan fingerprint density at radius 3 is 1.79 bits per heavy atom. The van der Waals surface area contributed by atoms with E-state index in [1.54, 1.807) is 0 Å². The minimum Gasteiger partial charge on any atom is -0.404 e. The Labute approximate surface area is 208 Å². The van der Waals surface area contributed by atoms with Gasteiger partial charge in [-0.1, -0.05) is 102 Å². The van der Waals surface area contributed by atoms with E-state index in [-0.39, 0.29) is 23.0 Å². The van der Waals surface area contributed by atoms with Gasteiger partial charge in [-0.15, -0.1) is 0 Å². The molecule has 0 aromatic heterocycles. The van der Waals surface area contributed by atoms with Crippen LogP contribution in [-0.2, 0) is 18.0 Å². The second-order valence-electron chi connectivity index (χ2n) is 11.6. The van der Waals surface area contributed by atoms with Gasteiger partial charge in [-0.05, 0) is 47.5 Å². The van der Waals surface area contributed by atoms with Gasteiger partial charge in [0.1, 0.15) is 5.60 Å². The van der Waals surface area contributed by atoms with Crippen molar-refractivity contribution in [3.63, 3.8) is 0 Å². The summed E-state index contributed by atoms with van der Waals surface area (Å²) < 4.78 is 33.4. The van der Waals surface area contributed by atoms with Gasteiger partial charge in [0.15, 0.2) is 0 Å². The average molecular weight is 503 g/mol. The highest BCUT2D eigenvalue weighted by Crippen LogP contribution is 2.62. The van der Waals surface area contributed by atoms with Crippen LogP contribution < -0.4 is 10.4 Å². The van der Waals surface area contributed by atoms with Crippen LogP contribution in [0.15, 0.2) is 60.7 Å². The molecule has 34 heavy (non-hydrogen) atoms. The summed E-state index contributed by atoms with van der Waals surface area (Å²) >= 11 is 0. The summed E-state index contributed by atoms with van der Waals surface area (Å²) in [6, 6.07) is 21.2. The molecular weight excluding hydrogens is 459 g/mol. The van der Waals surface area contributed by atoms with Crippen LogP contribution in [-0.4, -0.2) is 32.8 Å². The van der Waals surface area contributed by atoms with E-state index < -0.39 is 21.5 Å². The highest BCUT2D eigenvalue weighted by Gasteiger charge is 2.60. The third kappa shape index (κ3) is 5.94. The summed E-state index contributed by atoms with van der Waals surface area (Å²) in [5.41, 5.74) is -0.577. The third-order valence-corrected chi connectivity index (χ3v) is 14.2. The molecule has 0 heterocycles. The Hall–Kier alpha value is -1.23. The Bertz CT molecular complexity index is 917. The molecule has 188 valence electrons. The maximum Gasteiger partial charge on any atom is 0.331 e. The van der Waals surface area contributed by atoms with E-state index in [0.717, 1.165) is 6.42 Å². The summed E-state index contributed by atoms with van der Waals surface area (Å²) in [6.07, 6.45) is 1.08. The summed E-state index contributed by atoms with van der Waals surface area (Å²) in [4.78, 5) is 0. The third-order valence-electron chi connectivity index (χ3n) is 6.62. The molecule has 3 unspecified atom stereocenters. The van der Waals surface area contributed by atoms with Crippen molar-refractivity contribution in [2.45, 2.75) is 78.6 Å². The molecule has 0 aliphatic heterocycles. The molecule has 2 aromatic carbocycles. The molecule has 0 N–H and O–H groups in total. The van der Waals surface area contributed by atoms with E-state index in [0.29, 0.717) is 12.8 Å². The first-order valence-corrected chi connectivity index (χ1v) is 16.2. The molecule has 0 saturated heterocycles. The van der Waals surface area contributed by atoms with Crippen LogP contribution >= 0.6 is 7.60 Å². The van der Waals surface area contributed by atoms with Crippen molar-refractivity contribution in [3.05, 3.63) is 60.7 Å². The summed E-state index contributed by atoms with van der Waals surface area (Å²) in [7, 11) is -5.96. The van der Waals surface area contributed by atoms with Gasteiger partial charge in [0.25, 0.3) is 8.32 Å². The zero-order valence-electron chi connectivity index (χ0n) is 22.2. The van der Waals surface area contributed by atoms with Crippen molar-refractivity contribution < 1.29 is 18.0 Å². The highest BCUT2D eigenvalue weighted by molar-refractivity contribution is 7.53. The summed E-state index contributed by atoms with van der Waals surface area (Å²) in [5.74, 6) is 0.482. The van der Waals surface area contributed by atoms with Crippen LogP contribution in [0.2, 0.25) is 5.04 Å². The van der Waals surface area contributed by atoms with E-state index in [2.05, 4.69) is 102 Å². The second-order valence-corrected chi connectivity index (χ2v) is 17.8. The van der Waals surface area contributed by atoms with E-state index >= 15 is 0 Å². The van der Waals surface area contributed by atoms with Crippen LogP contribution in [0.1, 0.15) is 61.8 Å². The van der Waals surface area contributed by atoms with Crippen LogP contribution in [0.4, 0.5) is 0 Å². The Balaban J connectivity index is 2.00. The molecule has 0 bridgehead atoms. The SMILES string of the molecule is CC(C)CP(=O)(OC(C)C)OC1(CO[Si](c2ccccc2)(c2ccccc2)C(C)(C)C)CC1C. The average Bonchev–Trinajstić information content (AvgIpc) is 3.35. The van der Waals surface area contributed by atoms with E-state index in [1.165, 1.54) is 10.4 Å². The molecule has 3 atom stereocenters. The van der Waals surface area contributed by atoms with Gasteiger partial charge >= 0.3 is 7.60 Å². The van der Waals surface area contributed by atoms with Crippen molar-refractivity contribution in [1.29, 1.82) is 0 Å². The zero-order valence-corrected chi connectivity index (χ0v) is 24.1. The van der Waals surface area contributed by atoms with Crippen LogP contribution in [0.3, 0.4) is 0 Å². The molecule has 1 saturated carbocycles. The zero-order chi connectivity index (χ0) is 25.2. The maximum absolute atomic E-state index is 13.8. The molecule has 3 rings (SSSR count). The highest BCUT2D eigenvalue weighted by atomic mass is 31.2. The molecule has 1 fully saturated rings. The van der Waals surface area contributed by atoms with Crippen molar-refractivity contribution >= 4 is 26.3 Å². The Kier molecular flexibility index (Phi) is 8.37. The normalized spacial score (nSPS) is 22.7. The van der Waals surface area contributed by atoms with E-state index in [9.17, 15) is 4.57 Å². The lowest BCUT2D eigenvalue weighted by atomic mass is 10.2. The van der Waals surface area contributed by atoms with Gasteiger partial charge in [0, 0.05) is 0 Å². The number of rotatable bonds is 11. The fourth-order valence-electron chi connectivity index (χ4n) is 4.95. The summed E-state index contributed by atoms with van der Waals surface area (Å²) in [5, 5.41) is 2.35. The van der Waals surface area contributed by atoms with Gasteiger partial charge in [0.05, 0.1) is 18.9 Å². The molecule has 1 aliphatic carbocycles. The van der Waals surface area contributed by atoms with Crippen molar-refractivity contribution in [2.24, 2.45) is 11.8 Å². The number of benzene rings is 2. The lowest BCUT2D eigenvalue weighted by Crippen LogP contribution is -2.67. The Morgan fingerprint density at radius 1 is 0.971 bits per heavy atom. The molecule has 0 radical (unpaired) electrons. The standard InChI is InChI=1S/C28H43O4PSi/c1-22(2)20-33(29,31-23(3)4)32-28(19-24(28)5)21-30-34(27(6,7)8,25-15-11-9-12-16-25)26-17-13-10-14-18-26/h9-18,22-24H,19-21H2,1-8H3. The molecular formula is C28H43O4PSi. The predicted molar refractivity (Wildman–Crippen MR) is 145 cm³/mol. The largest absolute Gasteiger partial charge is 0.404 e. The van der Waals surface area contributed by atoms with Crippen molar-refractivity contribution in [3.8, 4) is 0 Å². The van der Waals surface area contributed by atoms with Gasteiger partial charge in [-0.25, -0.2) is 0 Å². The van der Waals surface area contributed by atoms with Gasteiger partial charge in [0.2, 0.25) is 0 Å². The minimum absolute atomic E-state index is 0.120. The molecule has 2 aromatic rings. The smallest absolute Gasteiger partial charge is 0.331 e. The lowest BCUT2D eigenvalue weighted by Gasteiger charge is -2.44. The van der Waals surface area contributed by atoms with Crippen molar-refractivity contribution in [2.75, 3.05) is 12.8 Å². The van der Waals surface area contributed by atoms with Crippen LogP contribution in [0.25, 0.3) is 0 Å². The molecule has 0 amide bonds. The quantitative estimate of drug-likeness (QED) is 0.255. The van der Waals surface area contributed by atoms with Gasteiger partial charge in [-0.2, -0.15) is 0 Å². The molecule has 6 heteroatoms. The topological polar surface area (TPSA) is 44.8 Å². The Morgan fingerprint density at radius 2 is 1.44 bits per heavy atom. The number of hydrogen-bond acceptors (Lipinski definition) is 4. The van der Waals surface area contributed by atoms with E-state index in [1.807, 2.05) is 13.8 Å². The molecule has 0 spiro atoms. The predicted octanol–water partition coefficient (Wildman–Crippen LogP) is 6.63. The minimum atomic E-state index is -3.26. The first-order chi connectivity index (χ1) is 15.8. The molecule has 1 aliphatic rings. The first kappa shape index (κ1) is 27.4. The first-order valence-electron chi connectivity index (χ1n) is 12.6. The second kappa shape index (κ2) is 10.4. The van der Waals surface area contributed by atoms with Crippen molar-refractivity contribution in [1.82, 2.24) is 0 Å². The fourth-order valence-corrected chi connectivity index (χ4v) is 12.2. The van der Waals surface area contributed by atoms with E-state index in [4.69, 9.17) is 13.5 Å². The summed E-state index contributed by atoms with van der Waals surface area (Å²) in [6.45, 7) is 17.3. The lowest BCUT2D eigenvalue weighted by molar-refractivity contribution is 0.0600.